The van der Waals surface area contributed by atoms with Gasteiger partial charge in [0.1, 0.15) is 12.3 Å². The van der Waals surface area contributed by atoms with Gasteiger partial charge in [0.25, 0.3) is 5.56 Å². The summed E-state index contributed by atoms with van der Waals surface area (Å²) in [5.74, 6) is 0.108. The van der Waals surface area contributed by atoms with Gasteiger partial charge in [0.15, 0.2) is 5.16 Å². The number of methoxy groups -OCH3 is 1. The van der Waals surface area contributed by atoms with Crippen LogP contribution in [-0.2, 0) is 11.3 Å². The fraction of sp³-hybridized carbons (Fsp3) is 0.312. The van der Waals surface area contributed by atoms with Crippen LogP contribution in [-0.4, -0.2) is 28.8 Å². The number of hydrogen-bond donors (Lipinski definition) is 1. The van der Waals surface area contributed by atoms with Crippen LogP contribution in [0.5, 0.6) is 5.75 Å². The number of aryl methyl sites for hydroxylation is 2. The third-order valence-corrected chi connectivity index (χ3v) is 4.42. The molecule has 0 aliphatic rings. The molecule has 2 aromatic rings. The lowest BCUT2D eigenvalue weighted by molar-refractivity contribution is -0.116. The van der Waals surface area contributed by atoms with Crippen LogP contribution in [0.4, 0.5) is 5.69 Å². The van der Waals surface area contributed by atoms with Gasteiger partial charge in [-0.2, -0.15) is 0 Å². The maximum Gasteiger partial charge on any atom is 0.254 e. The van der Waals surface area contributed by atoms with Crippen molar-refractivity contribution in [3.8, 4) is 5.75 Å². The van der Waals surface area contributed by atoms with E-state index in [1.54, 1.807) is 25.3 Å². The van der Waals surface area contributed by atoms with Crippen LogP contribution in [0.1, 0.15) is 11.3 Å². The molecule has 1 amide bonds. The summed E-state index contributed by atoms with van der Waals surface area (Å²) in [5, 5.41) is 3.80. The Morgan fingerprint density at radius 3 is 2.71 bits per heavy atom. The van der Waals surface area contributed by atoms with Crippen molar-refractivity contribution in [3.05, 3.63) is 44.8 Å². The molecular formula is C16H18ClN3O3S. The van der Waals surface area contributed by atoms with E-state index in [4.69, 9.17) is 16.3 Å². The minimum atomic E-state index is -0.349. The number of rotatable bonds is 5. The number of hydrogen-bond acceptors (Lipinski definition) is 5. The second kappa shape index (κ2) is 7.72. The van der Waals surface area contributed by atoms with Crippen molar-refractivity contribution in [1.29, 1.82) is 0 Å². The highest BCUT2D eigenvalue weighted by Gasteiger charge is 2.14. The Kier molecular flexibility index (Phi) is 5.90. The third-order valence-electron chi connectivity index (χ3n) is 3.34. The van der Waals surface area contributed by atoms with E-state index in [0.717, 1.165) is 5.56 Å². The summed E-state index contributed by atoms with van der Waals surface area (Å²) >= 11 is 7.37. The highest BCUT2D eigenvalue weighted by molar-refractivity contribution is 7.98. The average Bonchev–Trinajstić information content (AvgIpc) is 2.52. The number of amides is 1. The number of halogens is 1. The van der Waals surface area contributed by atoms with Crippen LogP contribution in [0, 0.1) is 13.8 Å². The molecule has 0 unspecified atom stereocenters. The van der Waals surface area contributed by atoms with Gasteiger partial charge in [-0.3, -0.25) is 14.2 Å². The number of thioether (sulfide) groups is 1. The average molecular weight is 368 g/mol. The van der Waals surface area contributed by atoms with Gasteiger partial charge in [0.05, 0.1) is 12.8 Å². The number of anilines is 1. The molecule has 0 aliphatic carbocycles. The Morgan fingerprint density at radius 1 is 1.38 bits per heavy atom. The minimum absolute atomic E-state index is 0.132. The quantitative estimate of drug-likeness (QED) is 0.649. The maximum atomic E-state index is 12.4. The number of ether oxygens (including phenoxy) is 1. The topological polar surface area (TPSA) is 73.2 Å². The Bertz CT molecular complexity index is 836. The molecule has 0 fully saturated rings. The lowest BCUT2D eigenvalue weighted by Crippen LogP contribution is -2.29. The van der Waals surface area contributed by atoms with Crippen LogP contribution < -0.4 is 15.6 Å². The van der Waals surface area contributed by atoms with Gasteiger partial charge >= 0.3 is 0 Å². The van der Waals surface area contributed by atoms with E-state index in [1.807, 2.05) is 6.92 Å². The Labute approximate surface area is 149 Å². The third kappa shape index (κ3) is 4.10. The van der Waals surface area contributed by atoms with Gasteiger partial charge < -0.3 is 10.1 Å². The molecule has 6 nitrogen and oxygen atoms in total. The summed E-state index contributed by atoms with van der Waals surface area (Å²) in [6, 6.07) is 4.77. The van der Waals surface area contributed by atoms with Crippen molar-refractivity contribution < 1.29 is 9.53 Å². The SMILES string of the molecule is COc1cc(Cl)c(C)cc1NC(=O)Cn1c(SC)nc(C)cc1=O. The van der Waals surface area contributed by atoms with Crippen molar-refractivity contribution in [3.63, 3.8) is 0 Å². The normalized spacial score (nSPS) is 10.5. The van der Waals surface area contributed by atoms with Crippen molar-refractivity contribution in [2.24, 2.45) is 0 Å². The van der Waals surface area contributed by atoms with Crippen molar-refractivity contribution in [1.82, 2.24) is 9.55 Å². The number of benzene rings is 1. The standard InChI is InChI=1S/C16H18ClN3O3S/c1-9-5-12(13(23-3)7-11(9)17)19-14(21)8-20-15(22)6-10(2)18-16(20)24-4/h5-7H,8H2,1-4H3,(H,19,21). The molecule has 8 heteroatoms. The molecule has 1 heterocycles. The first kappa shape index (κ1) is 18.4. The van der Waals surface area contributed by atoms with Gasteiger partial charge in [0.2, 0.25) is 5.91 Å². The lowest BCUT2D eigenvalue weighted by Gasteiger charge is -2.14. The lowest BCUT2D eigenvalue weighted by atomic mass is 10.2. The number of carbonyl (C=O) groups excluding carboxylic acids is 1. The summed E-state index contributed by atoms with van der Waals surface area (Å²) < 4.78 is 6.57. The van der Waals surface area contributed by atoms with Crippen LogP contribution in [0.25, 0.3) is 0 Å². The zero-order valence-electron chi connectivity index (χ0n) is 13.8. The fourth-order valence-electron chi connectivity index (χ4n) is 2.16. The Balaban J connectivity index is 2.27. The molecule has 0 saturated heterocycles. The molecule has 0 saturated carbocycles. The fourth-order valence-corrected chi connectivity index (χ4v) is 2.92. The molecule has 2 rings (SSSR count). The molecule has 24 heavy (non-hydrogen) atoms. The van der Waals surface area contributed by atoms with Crippen molar-refractivity contribution >= 4 is 35.0 Å². The molecular weight excluding hydrogens is 350 g/mol. The first-order valence-electron chi connectivity index (χ1n) is 7.12. The van der Waals surface area contributed by atoms with E-state index in [9.17, 15) is 9.59 Å². The summed E-state index contributed by atoms with van der Waals surface area (Å²) in [7, 11) is 1.50. The van der Waals surface area contributed by atoms with Gasteiger partial charge in [0, 0.05) is 22.8 Å². The first-order valence-corrected chi connectivity index (χ1v) is 8.72. The Hall–Kier alpha value is -1.99. The van der Waals surface area contributed by atoms with Gasteiger partial charge in [-0.1, -0.05) is 23.4 Å². The molecule has 0 bridgehead atoms. The highest BCUT2D eigenvalue weighted by Crippen LogP contribution is 2.30. The van der Waals surface area contributed by atoms with Gasteiger partial charge in [-0.05, 0) is 31.7 Å². The Morgan fingerprint density at radius 2 is 2.08 bits per heavy atom. The second-order valence-electron chi connectivity index (χ2n) is 5.16. The van der Waals surface area contributed by atoms with Crippen molar-refractivity contribution in [2.75, 3.05) is 18.7 Å². The first-order chi connectivity index (χ1) is 11.3. The summed E-state index contributed by atoms with van der Waals surface area (Å²) in [5.41, 5.74) is 1.67. The number of carbonyl (C=O) groups is 1. The molecule has 0 spiro atoms. The molecule has 0 radical (unpaired) electrons. The second-order valence-corrected chi connectivity index (χ2v) is 6.34. The van der Waals surface area contributed by atoms with Gasteiger partial charge in [-0.15, -0.1) is 0 Å². The van der Waals surface area contributed by atoms with Crippen LogP contribution in [0.3, 0.4) is 0 Å². The highest BCUT2D eigenvalue weighted by atomic mass is 35.5. The molecule has 1 aromatic carbocycles. The summed E-state index contributed by atoms with van der Waals surface area (Å²) in [6.07, 6.45) is 1.81. The van der Waals surface area contributed by atoms with Crippen LogP contribution in [0.2, 0.25) is 5.02 Å². The number of nitrogens with zero attached hydrogens (tertiary/aromatic N) is 2. The van der Waals surface area contributed by atoms with Gasteiger partial charge in [-0.25, -0.2) is 4.98 Å². The van der Waals surface area contributed by atoms with E-state index in [-0.39, 0.29) is 18.0 Å². The molecule has 0 aliphatic heterocycles. The molecule has 0 atom stereocenters. The number of nitrogens with one attached hydrogen (secondary N) is 1. The minimum Gasteiger partial charge on any atom is -0.495 e. The molecule has 1 aromatic heterocycles. The molecule has 128 valence electrons. The van der Waals surface area contributed by atoms with E-state index in [2.05, 4.69) is 10.3 Å². The predicted molar refractivity (Wildman–Crippen MR) is 96.4 cm³/mol. The van der Waals surface area contributed by atoms with Crippen molar-refractivity contribution in [2.45, 2.75) is 25.5 Å². The zero-order valence-corrected chi connectivity index (χ0v) is 15.4. The monoisotopic (exact) mass is 367 g/mol. The van der Waals surface area contributed by atoms with E-state index >= 15 is 0 Å². The zero-order chi connectivity index (χ0) is 17.9. The summed E-state index contributed by atoms with van der Waals surface area (Å²) in [4.78, 5) is 28.7. The van der Waals surface area contributed by atoms with E-state index in [0.29, 0.717) is 27.3 Å². The predicted octanol–water partition coefficient (Wildman–Crippen LogP) is 2.88. The van der Waals surface area contributed by atoms with E-state index < -0.39 is 0 Å². The number of aromatic nitrogens is 2. The van der Waals surface area contributed by atoms with E-state index in [1.165, 1.54) is 29.5 Å². The van der Waals surface area contributed by atoms with Crippen LogP contribution >= 0.6 is 23.4 Å². The maximum absolute atomic E-state index is 12.4. The smallest absolute Gasteiger partial charge is 0.254 e. The summed E-state index contributed by atoms with van der Waals surface area (Å²) in [6.45, 7) is 3.44. The molecule has 1 N–H and O–H groups in total. The largest absolute Gasteiger partial charge is 0.495 e. The van der Waals surface area contributed by atoms with Crippen LogP contribution in [0.15, 0.2) is 28.2 Å².